The summed E-state index contributed by atoms with van der Waals surface area (Å²) in [4.78, 5) is 30.6. The minimum Gasteiger partial charge on any atom is -0.497 e. The van der Waals surface area contributed by atoms with Crippen LogP contribution in [0.4, 0.5) is 5.69 Å². The van der Waals surface area contributed by atoms with E-state index in [1.165, 1.54) is 9.70 Å². The van der Waals surface area contributed by atoms with Gasteiger partial charge in [0.1, 0.15) is 37.0 Å². The Balaban J connectivity index is 1.33. The van der Waals surface area contributed by atoms with Gasteiger partial charge in [0.05, 0.1) is 13.2 Å². The quantitative estimate of drug-likeness (QED) is 0.294. The van der Waals surface area contributed by atoms with Crippen LogP contribution in [0.5, 0.6) is 17.2 Å². The van der Waals surface area contributed by atoms with E-state index in [1.807, 2.05) is 0 Å². The molecule has 4 heterocycles. The second-order valence-electron chi connectivity index (χ2n) is 10.2. The molecular weight excluding hydrogens is 556 g/mol. The molecule has 4 aromatic rings. The van der Waals surface area contributed by atoms with Gasteiger partial charge in [0.15, 0.2) is 17.5 Å². The third-order valence-electron chi connectivity index (χ3n) is 7.22. The highest BCUT2D eigenvalue weighted by atomic mass is 16.6. The van der Waals surface area contributed by atoms with Gasteiger partial charge in [0.2, 0.25) is 5.82 Å². The number of rotatable bonds is 10. The van der Waals surface area contributed by atoms with E-state index in [1.54, 1.807) is 68.6 Å². The lowest BCUT2D eigenvalue weighted by Crippen LogP contribution is -2.46. The zero-order valence-corrected chi connectivity index (χ0v) is 23.9. The molecular formula is C30H32N6O7. The zero-order valence-electron chi connectivity index (χ0n) is 23.9. The summed E-state index contributed by atoms with van der Waals surface area (Å²) >= 11 is 0. The monoisotopic (exact) mass is 588 g/mol. The molecule has 1 N–H and O–H groups in total. The molecule has 1 saturated heterocycles. The molecule has 2 aliphatic rings. The van der Waals surface area contributed by atoms with Crippen molar-refractivity contribution in [1.82, 2.24) is 25.5 Å². The minimum absolute atomic E-state index is 0.0860. The highest BCUT2D eigenvalue weighted by molar-refractivity contribution is 6.01. The second kappa shape index (κ2) is 12.5. The first-order valence-electron chi connectivity index (χ1n) is 14.1. The molecule has 0 aliphatic carbocycles. The molecule has 0 radical (unpaired) electrons. The number of carbonyl (C=O) groups excluding carboxylic acids is 2. The van der Waals surface area contributed by atoms with E-state index in [0.29, 0.717) is 72.2 Å². The fourth-order valence-electron chi connectivity index (χ4n) is 5.07. The first-order chi connectivity index (χ1) is 21.0. The number of fused-ring (bicyclic) bond motifs is 1. The molecule has 13 heteroatoms. The van der Waals surface area contributed by atoms with Crippen molar-refractivity contribution in [2.45, 2.75) is 38.5 Å². The van der Waals surface area contributed by atoms with Crippen LogP contribution >= 0.6 is 0 Å². The smallest absolute Gasteiger partial charge is 0.251 e. The van der Waals surface area contributed by atoms with Crippen LogP contribution in [-0.4, -0.2) is 71.6 Å². The lowest BCUT2D eigenvalue weighted by molar-refractivity contribution is -0.127. The summed E-state index contributed by atoms with van der Waals surface area (Å²) in [6.07, 6.45) is 1.70. The van der Waals surface area contributed by atoms with Crippen LogP contribution in [0.15, 0.2) is 59.0 Å². The molecule has 2 aliphatic heterocycles. The Morgan fingerprint density at radius 1 is 1.07 bits per heavy atom. The van der Waals surface area contributed by atoms with E-state index >= 15 is 0 Å². The number of nitrogens with one attached hydrogen (secondary N) is 1. The van der Waals surface area contributed by atoms with Crippen LogP contribution < -0.4 is 24.4 Å². The maximum Gasteiger partial charge on any atom is 0.251 e. The Labute approximate surface area is 247 Å². The first-order valence-corrected chi connectivity index (χ1v) is 14.1. The van der Waals surface area contributed by atoms with Crippen LogP contribution in [0.2, 0.25) is 0 Å². The molecule has 6 rings (SSSR count). The molecule has 43 heavy (non-hydrogen) atoms. The van der Waals surface area contributed by atoms with Gasteiger partial charge < -0.3 is 28.7 Å². The summed E-state index contributed by atoms with van der Waals surface area (Å²) < 4.78 is 28.3. The molecule has 0 bridgehead atoms. The predicted octanol–water partition coefficient (Wildman–Crippen LogP) is 3.09. The number of carbonyl (C=O) groups is 2. The Hall–Kier alpha value is -4.91. The molecule has 224 valence electrons. The molecule has 2 unspecified atom stereocenters. The summed E-state index contributed by atoms with van der Waals surface area (Å²) in [5, 5.41) is 15.6. The van der Waals surface area contributed by atoms with Crippen molar-refractivity contribution in [3.63, 3.8) is 0 Å². The Morgan fingerprint density at radius 3 is 2.60 bits per heavy atom. The second-order valence-corrected chi connectivity index (χ2v) is 10.2. The summed E-state index contributed by atoms with van der Waals surface area (Å²) in [7, 11) is 1.59. The minimum atomic E-state index is -1.14. The largest absolute Gasteiger partial charge is 0.497 e. The summed E-state index contributed by atoms with van der Waals surface area (Å²) in [5.74, 6) is 2.07. The molecule has 13 nitrogen and oxygen atoms in total. The number of anilines is 1. The summed E-state index contributed by atoms with van der Waals surface area (Å²) in [5.41, 5.74) is 1.12. The van der Waals surface area contributed by atoms with Crippen molar-refractivity contribution in [1.29, 1.82) is 0 Å². The van der Waals surface area contributed by atoms with Crippen LogP contribution in [0.25, 0.3) is 11.4 Å². The van der Waals surface area contributed by atoms with E-state index in [0.717, 1.165) is 12.8 Å². The van der Waals surface area contributed by atoms with E-state index in [4.69, 9.17) is 23.4 Å². The highest BCUT2D eigenvalue weighted by Gasteiger charge is 2.36. The first kappa shape index (κ1) is 28.2. The molecule has 2 aromatic heterocycles. The number of amides is 2. The molecule has 2 atom stereocenters. The topological polar surface area (TPSA) is 143 Å². The number of aryl methyl sites for hydroxylation is 1. The molecule has 2 aromatic carbocycles. The number of aromatic nitrogens is 4. The number of furan rings is 1. The van der Waals surface area contributed by atoms with Crippen molar-refractivity contribution in [2.24, 2.45) is 0 Å². The van der Waals surface area contributed by atoms with Gasteiger partial charge in [-0.15, -0.1) is 10.2 Å². The standard InChI is InChI=1S/C30H32N6O7/c1-19-5-11-25(43-19)28(30(38)31-17-23-4-3-13-40-23)36(21-8-12-24-26(16-21)42-15-14-41-24)27(37)18-35-33-29(32-34-35)20-6-9-22(39-2)10-7-20/h5-12,16,23,28H,3-4,13-15,17-18H2,1-2H3,(H,31,38). The Morgan fingerprint density at radius 2 is 1.88 bits per heavy atom. The number of ether oxygens (including phenoxy) is 4. The number of hydrogen-bond acceptors (Lipinski definition) is 10. The van der Waals surface area contributed by atoms with Crippen molar-refractivity contribution in [3.8, 4) is 28.6 Å². The van der Waals surface area contributed by atoms with Gasteiger partial charge in [0, 0.05) is 30.5 Å². The van der Waals surface area contributed by atoms with Crippen LogP contribution in [-0.2, 0) is 20.9 Å². The van der Waals surface area contributed by atoms with Crippen molar-refractivity contribution in [2.75, 3.05) is 38.4 Å². The third-order valence-corrected chi connectivity index (χ3v) is 7.22. The SMILES string of the molecule is COc1ccc(-c2nnn(CC(=O)N(c3ccc4c(c3)OCCO4)C(C(=O)NCC3CCCO3)c3ccc(C)o3)n2)cc1. The molecule has 0 saturated carbocycles. The van der Waals surface area contributed by atoms with E-state index in [-0.39, 0.29) is 12.6 Å². The van der Waals surface area contributed by atoms with Crippen LogP contribution in [0.1, 0.15) is 30.4 Å². The maximum absolute atomic E-state index is 14.2. The fourth-order valence-corrected chi connectivity index (χ4v) is 5.07. The van der Waals surface area contributed by atoms with Crippen LogP contribution in [0, 0.1) is 6.92 Å². The predicted molar refractivity (Wildman–Crippen MR) is 153 cm³/mol. The average molecular weight is 589 g/mol. The normalized spacial score (nSPS) is 16.5. The van der Waals surface area contributed by atoms with E-state index in [2.05, 4.69) is 20.7 Å². The van der Waals surface area contributed by atoms with Crippen LogP contribution in [0.3, 0.4) is 0 Å². The lowest BCUT2D eigenvalue weighted by atomic mass is 10.1. The van der Waals surface area contributed by atoms with E-state index in [9.17, 15) is 9.59 Å². The summed E-state index contributed by atoms with van der Waals surface area (Å²) in [6.45, 7) is 3.24. The Kier molecular flexibility index (Phi) is 8.22. The number of benzene rings is 2. The maximum atomic E-state index is 14.2. The zero-order chi connectivity index (χ0) is 29.8. The Bertz CT molecular complexity index is 1580. The number of tetrazole rings is 1. The number of methoxy groups -OCH3 is 1. The van der Waals surface area contributed by atoms with Gasteiger partial charge >= 0.3 is 0 Å². The molecule has 1 fully saturated rings. The number of hydrogen-bond donors (Lipinski definition) is 1. The van der Waals surface area contributed by atoms with Crippen molar-refractivity contribution < 1.29 is 33.0 Å². The van der Waals surface area contributed by atoms with Crippen molar-refractivity contribution in [3.05, 3.63) is 66.1 Å². The molecule has 0 spiro atoms. The lowest BCUT2D eigenvalue weighted by Gasteiger charge is -2.31. The summed E-state index contributed by atoms with van der Waals surface area (Å²) in [6, 6.07) is 14.6. The van der Waals surface area contributed by atoms with Gasteiger partial charge in [0.25, 0.3) is 11.8 Å². The van der Waals surface area contributed by atoms with Crippen molar-refractivity contribution >= 4 is 17.5 Å². The van der Waals surface area contributed by atoms with Gasteiger partial charge in [-0.3, -0.25) is 14.5 Å². The number of nitrogens with zero attached hydrogens (tertiary/aromatic N) is 5. The molecule has 2 amide bonds. The van der Waals surface area contributed by atoms with Gasteiger partial charge in [-0.05, 0) is 73.5 Å². The third kappa shape index (κ3) is 6.31. The highest BCUT2D eigenvalue weighted by Crippen LogP contribution is 2.37. The van der Waals surface area contributed by atoms with Gasteiger partial charge in [-0.1, -0.05) is 0 Å². The average Bonchev–Trinajstić information content (AvgIpc) is 3.81. The van der Waals surface area contributed by atoms with Gasteiger partial charge in [-0.2, -0.15) is 4.80 Å². The van der Waals surface area contributed by atoms with E-state index < -0.39 is 17.9 Å². The fraction of sp³-hybridized carbons (Fsp3) is 0.367. The van der Waals surface area contributed by atoms with Gasteiger partial charge in [-0.25, -0.2) is 0 Å².